The highest BCUT2D eigenvalue weighted by atomic mass is 16.5. The predicted molar refractivity (Wildman–Crippen MR) is 111 cm³/mol. The number of amides is 2. The summed E-state index contributed by atoms with van der Waals surface area (Å²) in [5, 5.41) is 2.93. The number of benzene rings is 3. The lowest BCUT2D eigenvalue weighted by atomic mass is 10.2. The van der Waals surface area contributed by atoms with E-state index in [4.69, 9.17) is 9.47 Å². The Bertz CT molecular complexity index is 852. The van der Waals surface area contributed by atoms with Crippen molar-refractivity contribution < 1.29 is 14.3 Å². The lowest BCUT2D eigenvalue weighted by Crippen LogP contribution is -2.41. The molecule has 2 amide bonds. The van der Waals surface area contributed by atoms with E-state index in [9.17, 15) is 4.79 Å². The summed E-state index contributed by atoms with van der Waals surface area (Å²) < 4.78 is 10.8. The third-order valence-electron chi connectivity index (χ3n) is 4.20. The Kier molecular flexibility index (Phi) is 6.90. The van der Waals surface area contributed by atoms with Crippen LogP contribution in [0.5, 0.6) is 11.5 Å². The third kappa shape index (κ3) is 5.51. The molecule has 0 radical (unpaired) electrons. The van der Waals surface area contributed by atoms with Gasteiger partial charge in [-0.15, -0.1) is 0 Å². The first kappa shape index (κ1) is 19.3. The Labute approximate surface area is 165 Å². The van der Waals surface area contributed by atoms with Crippen LogP contribution in [0.25, 0.3) is 0 Å². The molecule has 0 atom stereocenters. The van der Waals surface area contributed by atoms with Gasteiger partial charge >= 0.3 is 6.03 Å². The number of carbonyl (C=O) groups is 1. The Morgan fingerprint density at radius 3 is 2.11 bits per heavy atom. The highest BCUT2D eigenvalue weighted by Crippen LogP contribution is 2.18. The van der Waals surface area contributed by atoms with Gasteiger partial charge in [-0.05, 0) is 42.0 Å². The van der Waals surface area contributed by atoms with Gasteiger partial charge in [0.25, 0.3) is 0 Å². The zero-order valence-corrected chi connectivity index (χ0v) is 15.9. The second kappa shape index (κ2) is 10.0. The predicted octanol–water partition coefficient (Wildman–Crippen LogP) is 4.49. The molecule has 0 spiro atoms. The summed E-state index contributed by atoms with van der Waals surface area (Å²) in [6.45, 7) is 1.28. The lowest BCUT2D eigenvalue weighted by Gasteiger charge is -2.23. The van der Waals surface area contributed by atoms with E-state index >= 15 is 0 Å². The fraction of sp³-hybridized carbons (Fsp3) is 0.174. The normalized spacial score (nSPS) is 10.2. The van der Waals surface area contributed by atoms with Crippen LogP contribution in [0.15, 0.2) is 84.9 Å². The Morgan fingerprint density at radius 2 is 1.46 bits per heavy atom. The molecule has 0 aliphatic carbocycles. The molecule has 3 aromatic rings. The zero-order valence-electron chi connectivity index (χ0n) is 15.9. The second-order valence-corrected chi connectivity index (χ2v) is 6.16. The molecule has 0 unspecified atom stereocenters. The molecule has 0 aromatic heterocycles. The van der Waals surface area contributed by atoms with E-state index in [1.165, 1.54) is 0 Å². The molecule has 5 nitrogen and oxygen atoms in total. The highest BCUT2D eigenvalue weighted by molar-refractivity contribution is 5.91. The molecule has 1 N–H and O–H groups in total. The first-order valence-corrected chi connectivity index (χ1v) is 9.17. The number of urea groups is 1. The number of carbonyl (C=O) groups excluding carboxylic acids is 1. The Morgan fingerprint density at radius 1 is 0.857 bits per heavy atom. The van der Waals surface area contributed by atoms with Crippen LogP contribution in [0, 0.1) is 0 Å². The molecule has 5 heteroatoms. The highest BCUT2D eigenvalue weighted by Gasteiger charge is 2.15. The van der Waals surface area contributed by atoms with Crippen molar-refractivity contribution >= 4 is 11.7 Å². The molecular formula is C23H24N2O3. The molecule has 144 valence electrons. The van der Waals surface area contributed by atoms with Crippen LogP contribution in [0.4, 0.5) is 10.5 Å². The van der Waals surface area contributed by atoms with Gasteiger partial charge in [0.1, 0.15) is 18.1 Å². The summed E-state index contributed by atoms with van der Waals surface area (Å²) in [5.74, 6) is 1.51. The largest absolute Gasteiger partial charge is 0.497 e. The summed E-state index contributed by atoms with van der Waals surface area (Å²) in [6.07, 6.45) is 0. The van der Waals surface area contributed by atoms with Crippen molar-refractivity contribution in [1.82, 2.24) is 5.32 Å². The molecule has 0 saturated carbocycles. The van der Waals surface area contributed by atoms with E-state index in [2.05, 4.69) is 5.32 Å². The van der Waals surface area contributed by atoms with Gasteiger partial charge in [0, 0.05) is 5.69 Å². The van der Waals surface area contributed by atoms with E-state index in [-0.39, 0.29) is 6.03 Å². The van der Waals surface area contributed by atoms with Crippen molar-refractivity contribution in [3.05, 3.63) is 90.5 Å². The number of nitrogens with zero attached hydrogens (tertiary/aromatic N) is 1. The number of nitrogens with one attached hydrogen (secondary N) is 1. The van der Waals surface area contributed by atoms with Gasteiger partial charge in [-0.1, -0.05) is 48.5 Å². The second-order valence-electron chi connectivity index (χ2n) is 6.16. The van der Waals surface area contributed by atoms with Crippen LogP contribution in [-0.4, -0.2) is 26.3 Å². The summed E-state index contributed by atoms with van der Waals surface area (Å²) in [7, 11) is 1.62. The summed E-state index contributed by atoms with van der Waals surface area (Å²) in [4.78, 5) is 14.5. The van der Waals surface area contributed by atoms with E-state index < -0.39 is 0 Å². The minimum Gasteiger partial charge on any atom is -0.497 e. The zero-order chi connectivity index (χ0) is 19.6. The van der Waals surface area contributed by atoms with Gasteiger partial charge < -0.3 is 14.8 Å². The number of hydrogen-bond acceptors (Lipinski definition) is 3. The molecule has 28 heavy (non-hydrogen) atoms. The third-order valence-corrected chi connectivity index (χ3v) is 4.20. The lowest BCUT2D eigenvalue weighted by molar-refractivity contribution is 0.241. The minimum absolute atomic E-state index is 0.159. The van der Waals surface area contributed by atoms with E-state index in [0.717, 1.165) is 22.7 Å². The van der Waals surface area contributed by atoms with E-state index in [1.807, 2.05) is 84.9 Å². The molecule has 3 rings (SSSR count). The van der Waals surface area contributed by atoms with Gasteiger partial charge in [0.05, 0.1) is 20.2 Å². The Hall–Kier alpha value is -3.47. The minimum atomic E-state index is -0.159. The van der Waals surface area contributed by atoms with Gasteiger partial charge in [-0.2, -0.15) is 0 Å². The van der Waals surface area contributed by atoms with Crippen molar-refractivity contribution in [2.75, 3.05) is 25.2 Å². The number of ether oxygens (including phenoxy) is 2. The maximum Gasteiger partial charge on any atom is 0.322 e. The molecule has 0 saturated heterocycles. The molecule has 0 heterocycles. The van der Waals surface area contributed by atoms with Crippen LogP contribution in [0.2, 0.25) is 0 Å². The van der Waals surface area contributed by atoms with Crippen LogP contribution < -0.4 is 19.7 Å². The van der Waals surface area contributed by atoms with Crippen molar-refractivity contribution in [1.29, 1.82) is 0 Å². The maximum atomic E-state index is 12.8. The SMILES string of the molecule is COc1ccc(OCCNC(=O)N(Cc2ccccc2)c2ccccc2)cc1. The number of para-hydroxylation sites is 1. The summed E-state index contributed by atoms with van der Waals surface area (Å²) in [6, 6.07) is 26.8. The fourth-order valence-electron chi connectivity index (χ4n) is 2.75. The van der Waals surface area contributed by atoms with Crippen LogP contribution in [-0.2, 0) is 6.54 Å². The monoisotopic (exact) mass is 376 g/mol. The number of hydrogen-bond donors (Lipinski definition) is 1. The first-order valence-electron chi connectivity index (χ1n) is 9.17. The molecule has 0 aliphatic rings. The number of anilines is 1. The van der Waals surface area contributed by atoms with Gasteiger partial charge in [-0.3, -0.25) is 4.90 Å². The maximum absolute atomic E-state index is 12.8. The van der Waals surface area contributed by atoms with Crippen molar-refractivity contribution in [2.24, 2.45) is 0 Å². The van der Waals surface area contributed by atoms with Crippen molar-refractivity contribution in [2.45, 2.75) is 6.54 Å². The molecule has 0 fully saturated rings. The quantitative estimate of drug-likeness (QED) is 0.589. The standard InChI is InChI=1S/C23H24N2O3/c1-27-21-12-14-22(15-13-21)28-17-16-24-23(26)25(20-10-6-3-7-11-20)18-19-8-4-2-5-9-19/h2-15H,16-18H2,1H3,(H,24,26). The summed E-state index contributed by atoms with van der Waals surface area (Å²) >= 11 is 0. The fourth-order valence-corrected chi connectivity index (χ4v) is 2.75. The Balaban J connectivity index is 1.56. The topological polar surface area (TPSA) is 50.8 Å². The van der Waals surface area contributed by atoms with Gasteiger partial charge in [-0.25, -0.2) is 4.79 Å². The number of methoxy groups -OCH3 is 1. The average Bonchev–Trinajstić information content (AvgIpc) is 2.76. The van der Waals surface area contributed by atoms with Gasteiger partial charge in [0.2, 0.25) is 0 Å². The van der Waals surface area contributed by atoms with Crippen LogP contribution in [0.1, 0.15) is 5.56 Å². The van der Waals surface area contributed by atoms with E-state index in [1.54, 1.807) is 12.0 Å². The number of rotatable bonds is 8. The molecule has 3 aromatic carbocycles. The molecule has 0 bridgehead atoms. The molecule has 0 aliphatic heterocycles. The smallest absolute Gasteiger partial charge is 0.322 e. The summed E-state index contributed by atoms with van der Waals surface area (Å²) in [5.41, 5.74) is 1.91. The van der Waals surface area contributed by atoms with E-state index in [0.29, 0.717) is 19.7 Å². The van der Waals surface area contributed by atoms with Crippen molar-refractivity contribution in [3.8, 4) is 11.5 Å². The van der Waals surface area contributed by atoms with Crippen LogP contribution >= 0.6 is 0 Å². The average molecular weight is 376 g/mol. The van der Waals surface area contributed by atoms with Gasteiger partial charge in [0.15, 0.2) is 0 Å². The van der Waals surface area contributed by atoms with Crippen LogP contribution in [0.3, 0.4) is 0 Å². The molecular weight excluding hydrogens is 352 g/mol. The first-order chi connectivity index (χ1) is 13.8. The van der Waals surface area contributed by atoms with Crippen molar-refractivity contribution in [3.63, 3.8) is 0 Å².